The van der Waals surface area contributed by atoms with Gasteiger partial charge in [0.2, 0.25) is 23.6 Å². The summed E-state index contributed by atoms with van der Waals surface area (Å²) in [7, 11) is 0. The first-order valence-corrected chi connectivity index (χ1v) is 22.5. The number of nitrogens with zero attached hydrogens (tertiary/aromatic N) is 3. The van der Waals surface area contributed by atoms with Gasteiger partial charge in [0, 0.05) is 51.8 Å². The Hall–Kier alpha value is -2.14. The lowest BCUT2D eigenvalue weighted by atomic mass is 9.68. The molecule has 10 heteroatoms. The van der Waals surface area contributed by atoms with Crippen molar-refractivity contribution in [1.29, 1.82) is 0 Å². The van der Waals surface area contributed by atoms with Crippen molar-refractivity contribution in [3.63, 3.8) is 0 Å². The maximum absolute atomic E-state index is 13.5. The van der Waals surface area contributed by atoms with Crippen molar-refractivity contribution in [1.82, 2.24) is 20.0 Å². The molecule has 0 bridgehead atoms. The minimum atomic E-state index is -0.840. The molecule has 10 nitrogen and oxygen atoms in total. The zero-order valence-corrected chi connectivity index (χ0v) is 33.1. The lowest BCUT2D eigenvalue weighted by Crippen LogP contribution is -2.54. The van der Waals surface area contributed by atoms with Gasteiger partial charge in [-0.3, -0.25) is 34.3 Å². The summed E-state index contributed by atoms with van der Waals surface area (Å²) >= 11 is 0. The van der Waals surface area contributed by atoms with Crippen molar-refractivity contribution in [2.24, 2.45) is 41.4 Å². The maximum Gasteiger partial charge on any atom is 0.249 e. The van der Waals surface area contributed by atoms with E-state index in [1.54, 1.807) is 0 Å². The van der Waals surface area contributed by atoms with Crippen molar-refractivity contribution in [2.45, 2.75) is 160 Å². The van der Waals surface area contributed by atoms with Gasteiger partial charge in [-0.15, -0.1) is 0 Å². The Morgan fingerprint density at radius 3 is 2.07 bits per heavy atom. The van der Waals surface area contributed by atoms with Crippen LogP contribution in [0.4, 0.5) is 0 Å². The first kappa shape index (κ1) is 38.7. The highest BCUT2D eigenvalue weighted by molar-refractivity contribution is 6.10. The zero-order valence-electron chi connectivity index (χ0n) is 33.1. The van der Waals surface area contributed by atoms with Crippen LogP contribution in [-0.2, 0) is 23.9 Å². The van der Waals surface area contributed by atoms with Crippen molar-refractivity contribution in [2.75, 3.05) is 39.3 Å². The molecule has 8 aliphatic rings. The molecule has 54 heavy (non-hydrogen) atoms. The lowest BCUT2D eigenvalue weighted by molar-refractivity contribution is -0.151. The molecule has 0 aromatic rings. The molecule has 4 heterocycles. The van der Waals surface area contributed by atoms with Crippen molar-refractivity contribution in [3.8, 4) is 0 Å². The Kier molecular flexibility index (Phi) is 12.3. The molecule has 8 fully saturated rings. The third-order valence-electron chi connectivity index (χ3n) is 15.6. The van der Waals surface area contributed by atoms with E-state index in [9.17, 15) is 24.3 Å². The van der Waals surface area contributed by atoms with Gasteiger partial charge >= 0.3 is 0 Å². The average molecular weight is 749 g/mol. The Labute approximate surface area is 323 Å². The summed E-state index contributed by atoms with van der Waals surface area (Å²) in [6.45, 7) is 8.78. The maximum atomic E-state index is 13.5. The molecule has 0 aromatic carbocycles. The van der Waals surface area contributed by atoms with Crippen LogP contribution in [0.1, 0.15) is 135 Å². The van der Waals surface area contributed by atoms with Crippen LogP contribution >= 0.6 is 0 Å². The number of imide groups is 2. The monoisotopic (exact) mass is 749 g/mol. The number of rotatable bonds is 11. The molecule has 4 aliphatic heterocycles. The van der Waals surface area contributed by atoms with E-state index in [0.29, 0.717) is 48.7 Å². The number of allylic oxidation sites excluding steroid dienone is 2. The average Bonchev–Trinajstić information content (AvgIpc) is 3.83. The standard InChI is InChI=1S/C44H68N4O6/c1-2-36(28-7-4-3-5-8-28)41(29-9-14-34(49)15-10-29)30-11-16-35(17-12-30)54-22-6-21-46-24-31-26-47(27-32(31)25-46)33-13-18-37-38(23-33)44(53)48(43(37)52)39-19-20-40(50)45-42(39)51/h28-35,37-39,49H,2-27H2,1H3,(H,45,50,51)/b41-36-. The number of carbonyl (C=O) groups excluding carboxylic acids is 4. The first-order valence-electron chi connectivity index (χ1n) is 22.5. The fourth-order valence-corrected chi connectivity index (χ4v) is 12.9. The number of fused-ring (bicyclic) bond motifs is 2. The van der Waals surface area contributed by atoms with E-state index < -0.39 is 11.9 Å². The second-order valence-corrected chi connectivity index (χ2v) is 18.8. The molecule has 6 unspecified atom stereocenters. The number of ether oxygens (including phenoxy) is 1. The van der Waals surface area contributed by atoms with E-state index in [0.717, 1.165) is 70.9 Å². The molecule has 0 radical (unpaired) electrons. The number of likely N-dealkylation sites (tertiary alicyclic amines) is 3. The van der Waals surface area contributed by atoms with Crippen LogP contribution in [0.2, 0.25) is 0 Å². The number of amides is 4. The number of hydrogen-bond acceptors (Lipinski definition) is 8. The van der Waals surface area contributed by atoms with Crippen LogP contribution in [0.3, 0.4) is 0 Å². The smallest absolute Gasteiger partial charge is 0.249 e. The van der Waals surface area contributed by atoms with E-state index in [2.05, 4.69) is 22.0 Å². The van der Waals surface area contributed by atoms with E-state index >= 15 is 0 Å². The summed E-state index contributed by atoms with van der Waals surface area (Å²) in [6, 6.07) is -0.525. The van der Waals surface area contributed by atoms with Crippen LogP contribution < -0.4 is 5.32 Å². The van der Waals surface area contributed by atoms with Crippen molar-refractivity contribution >= 4 is 23.6 Å². The molecule has 4 saturated heterocycles. The second-order valence-electron chi connectivity index (χ2n) is 18.8. The molecule has 300 valence electrons. The molecule has 2 N–H and O–H groups in total. The zero-order chi connectivity index (χ0) is 37.3. The summed E-state index contributed by atoms with van der Waals surface area (Å²) in [6.07, 6.45) is 21.5. The highest BCUT2D eigenvalue weighted by atomic mass is 16.5. The molecule has 4 amide bonds. The minimum absolute atomic E-state index is 0.0896. The van der Waals surface area contributed by atoms with Crippen molar-refractivity contribution < 1.29 is 29.0 Å². The van der Waals surface area contributed by atoms with Gasteiger partial charge in [0.05, 0.1) is 24.0 Å². The number of carbonyl (C=O) groups is 4. The van der Waals surface area contributed by atoms with Crippen LogP contribution in [0.25, 0.3) is 0 Å². The van der Waals surface area contributed by atoms with Gasteiger partial charge in [-0.25, -0.2) is 0 Å². The third kappa shape index (κ3) is 8.15. The summed E-state index contributed by atoms with van der Waals surface area (Å²) in [5.74, 6) is 1.63. The Morgan fingerprint density at radius 1 is 0.741 bits per heavy atom. The largest absolute Gasteiger partial charge is 0.393 e. The van der Waals surface area contributed by atoms with Crippen LogP contribution in [0.5, 0.6) is 0 Å². The van der Waals surface area contributed by atoms with Gasteiger partial charge < -0.3 is 14.7 Å². The third-order valence-corrected chi connectivity index (χ3v) is 15.6. The van der Waals surface area contributed by atoms with Gasteiger partial charge in [-0.05, 0) is 132 Å². The molecule has 4 aliphatic carbocycles. The van der Waals surface area contributed by atoms with Gasteiger partial charge in [0.15, 0.2) is 0 Å². The fraction of sp³-hybridized carbons (Fsp3) is 0.864. The number of aliphatic hydroxyl groups is 1. The van der Waals surface area contributed by atoms with E-state index in [1.807, 2.05) is 11.1 Å². The molecule has 6 atom stereocenters. The first-order chi connectivity index (χ1) is 26.3. The molecule has 0 spiro atoms. The SMILES string of the molecule is CC/C(=C(\C1CCC(O)CC1)C1CCC(OCCCN2CC3CN(C4CCC5C(=O)N(C6CCC(=O)NC6=O)C(=O)C5C4)CC3C2)CC1)C1CCCCC1. The lowest BCUT2D eigenvalue weighted by Gasteiger charge is -2.39. The Balaban J connectivity index is 0.759. The molecule has 0 aromatic heterocycles. The summed E-state index contributed by atoms with van der Waals surface area (Å²) in [5.41, 5.74) is 3.67. The normalized spacial score (nSPS) is 39.1. The Bertz CT molecular complexity index is 1400. The molecule has 8 rings (SSSR count). The predicted molar refractivity (Wildman–Crippen MR) is 206 cm³/mol. The van der Waals surface area contributed by atoms with Gasteiger partial charge in [-0.1, -0.05) is 37.3 Å². The number of piperidine rings is 1. The highest BCUT2D eigenvalue weighted by Crippen LogP contribution is 2.47. The van der Waals surface area contributed by atoms with E-state index in [4.69, 9.17) is 4.74 Å². The molecular formula is C44H68N4O6. The minimum Gasteiger partial charge on any atom is -0.393 e. The predicted octanol–water partition coefficient (Wildman–Crippen LogP) is 5.61. The highest BCUT2D eigenvalue weighted by Gasteiger charge is 2.55. The van der Waals surface area contributed by atoms with Crippen LogP contribution in [0.15, 0.2) is 11.1 Å². The number of hydrogen-bond donors (Lipinski definition) is 2. The number of nitrogens with one attached hydrogen (secondary N) is 1. The van der Waals surface area contributed by atoms with Crippen molar-refractivity contribution in [3.05, 3.63) is 11.1 Å². The van der Waals surface area contributed by atoms with Gasteiger partial charge in [0.1, 0.15) is 6.04 Å². The second kappa shape index (κ2) is 17.2. The van der Waals surface area contributed by atoms with Gasteiger partial charge in [0.25, 0.3) is 0 Å². The number of aliphatic hydroxyl groups excluding tert-OH is 1. The molecular weight excluding hydrogens is 681 g/mol. The summed E-state index contributed by atoms with van der Waals surface area (Å²) in [4.78, 5) is 57.4. The summed E-state index contributed by atoms with van der Waals surface area (Å²) < 4.78 is 6.56. The van der Waals surface area contributed by atoms with E-state index in [-0.39, 0.29) is 48.5 Å². The molecule has 4 saturated carbocycles. The van der Waals surface area contributed by atoms with Gasteiger partial charge in [-0.2, -0.15) is 0 Å². The Morgan fingerprint density at radius 2 is 1.41 bits per heavy atom. The quantitative estimate of drug-likeness (QED) is 0.159. The van der Waals surface area contributed by atoms with Crippen LogP contribution in [-0.4, -0.2) is 107 Å². The fourth-order valence-electron chi connectivity index (χ4n) is 12.9. The summed E-state index contributed by atoms with van der Waals surface area (Å²) in [5, 5.41) is 12.6. The van der Waals surface area contributed by atoms with Crippen LogP contribution in [0, 0.1) is 41.4 Å². The topological polar surface area (TPSA) is 119 Å². The van der Waals surface area contributed by atoms with E-state index in [1.165, 1.54) is 81.9 Å².